The van der Waals surface area contributed by atoms with Gasteiger partial charge in [-0.25, -0.2) is 19.9 Å². The predicted octanol–water partition coefficient (Wildman–Crippen LogP) is 4.57. The summed E-state index contributed by atoms with van der Waals surface area (Å²) in [6, 6.07) is 17.8. The van der Waals surface area contributed by atoms with Gasteiger partial charge in [-0.2, -0.15) is 0 Å². The highest BCUT2D eigenvalue weighted by Gasteiger charge is 2.16. The van der Waals surface area contributed by atoms with E-state index in [1.54, 1.807) is 61.2 Å². The van der Waals surface area contributed by atoms with Gasteiger partial charge in [-0.1, -0.05) is 45.9 Å². The number of carbonyl (C=O) groups excluding carboxylic acids is 2. The maximum absolute atomic E-state index is 12.7. The van der Waals surface area contributed by atoms with Crippen molar-refractivity contribution in [3.63, 3.8) is 0 Å². The quantitative estimate of drug-likeness (QED) is 0.386. The molecule has 0 radical (unpaired) electrons. The highest BCUT2D eigenvalue weighted by Crippen LogP contribution is 2.40. The first-order valence-electron chi connectivity index (χ1n) is 9.40. The van der Waals surface area contributed by atoms with Gasteiger partial charge in [-0.05, 0) is 36.4 Å². The number of amides is 2. The third-order valence-electron chi connectivity index (χ3n) is 4.07. The molecule has 4 aromatic rings. The molecule has 0 unspecified atom stereocenters. The number of benzene rings is 2. The summed E-state index contributed by atoms with van der Waals surface area (Å²) in [6.07, 6.45) is 6.23. The summed E-state index contributed by atoms with van der Waals surface area (Å²) in [5.74, 6) is -0.162. The summed E-state index contributed by atoms with van der Waals surface area (Å²) in [4.78, 5) is 43.0. The van der Waals surface area contributed by atoms with Gasteiger partial charge >= 0.3 is 0 Å². The largest absolute Gasteiger partial charge is 0.290 e. The van der Waals surface area contributed by atoms with Crippen LogP contribution in [0.25, 0.3) is 0 Å². The van der Waals surface area contributed by atoms with Gasteiger partial charge < -0.3 is 0 Å². The van der Waals surface area contributed by atoms with Crippen LogP contribution in [0.3, 0.4) is 0 Å². The lowest BCUT2D eigenvalue weighted by atomic mass is 10.2. The lowest BCUT2D eigenvalue weighted by molar-refractivity contribution is 0.101. The van der Waals surface area contributed by atoms with Crippen molar-refractivity contribution in [2.45, 2.75) is 9.79 Å². The molecule has 0 aliphatic heterocycles. The predicted molar refractivity (Wildman–Crippen MR) is 125 cm³/mol. The molecule has 0 aliphatic carbocycles. The van der Waals surface area contributed by atoms with E-state index in [0.717, 1.165) is 9.79 Å². The van der Waals surface area contributed by atoms with Crippen LogP contribution in [-0.2, 0) is 0 Å². The van der Waals surface area contributed by atoms with Crippen molar-refractivity contribution in [3.05, 3.63) is 96.6 Å². The van der Waals surface area contributed by atoms with Crippen LogP contribution in [0, 0.1) is 0 Å². The van der Waals surface area contributed by atoms with Gasteiger partial charge in [0.15, 0.2) is 0 Å². The first-order chi connectivity index (χ1) is 15.7. The van der Waals surface area contributed by atoms with Crippen molar-refractivity contribution in [1.29, 1.82) is 0 Å². The van der Waals surface area contributed by atoms with Gasteiger partial charge in [0.05, 0.1) is 11.1 Å². The Balaban J connectivity index is 1.49. The van der Waals surface area contributed by atoms with Crippen LogP contribution in [0.2, 0.25) is 0 Å². The molecule has 2 heterocycles. The summed E-state index contributed by atoms with van der Waals surface area (Å²) in [5.41, 5.74) is 0.967. The Labute approximate surface area is 191 Å². The van der Waals surface area contributed by atoms with Crippen molar-refractivity contribution in [1.82, 2.24) is 19.9 Å². The monoisotopic (exact) mass is 460 g/mol. The Morgan fingerprint density at radius 1 is 0.562 bits per heavy atom. The normalized spacial score (nSPS) is 10.4. The van der Waals surface area contributed by atoms with E-state index in [9.17, 15) is 9.59 Å². The molecule has 2 aromatic heterocycles. The minimum atomic E-state index is -0.313. The molecule has 10 heteroatoms. The zero-order valence-electron chi connectivity index (χ0n) is 16.5. The molecule has 0 saturated heterocycles. The van der Waals surface area contributed by atoms with E-state index in [4.69, 9.17) is 0 Å². The van der Waals surface area contributed by atoms with Crippen molar-refractivity contribution in [3.8, 4) is 0 Å². The van der Waals surface area contributed by atoms with Crippen LogP contribution >= 0.6 is 21.6 Å². The first-order valence-corrected chi connectivity index (χ1v) is 11.5. The topological polar surface area (TPSA) is 110 Å². The lowest BCUT2D eigenvalue weighted by Crippen LogP contribution is -2.15. The third-order valence-corrected chi connectivity index (χ3v) is 6.55. The minimum absolute atomic E-state index is 0.232. The zero-order chi connectivity index (χ0) is 22.2. The fraction of sp³-hybridized carbons (Fsp3) is 0. The van der Waals surface area contributed by atoms with Crippen molar-refractivity contribution < 1.29 is 9.59 Å². The van der Waals surface area contributed by atoms with Crippen LogP contribution in [-0.4, -0.2) is 31.8 Å². The highest BCUT2D eigenvalue weighted by atomic mass is 33.1. The Bertz CT molecular complexity index is 1130. The number of nitrogens with one attached hydrogen (secondary N) is 2. The van der Waals surface area contributed by atoms with Gasteiger partial charge in [-0.15, -0.1) is 0 Å². The molecule has 0 atom stereocenters. The summed E-state index contributed by atoms with van der Waals surface area (Å²) in [5, 5.41) is 5.38. The molecule has 0 fully saturated rings. The second-order valence-corrected chi connectivity index (χ2v) is 8.43. The molecule has 0 spiro atoms. The van der Waals surface area contributed by atoms with E-state index in [1.165, 1.54) is 21.6 Å². The third kappa shape index (κ3) is 5.48. The smallest absolute Gasteiger partial charge is 0.259 e. The van der Waals surface area contributed by atoms with E-state index in [2.05, 4.69) is 30.6 Å². The first kappa shape index (κ1) is 21.5. The number of nitrogens with zero attached hydrogens (tertiary/aromatic N) is 4. The second-order valence-electron chi connectivity index (χ2n) is 6.21. The van der Waals surface area contributed by atoms with Crippen molar-refractivity contribution in [2.24, 2.45) is 0 Å². The number of anilines is 2. The van der Waals surface area contributed by atoms with Crippen molar-refractivity contribution in [2.75, 3.05) is 10.6 Å². The van der Waals surface area contributed by atoms with Gasteiger partial charge in [0.2, 0.25) is 11.9 Å². The average molecular weight is 461 g/mol. The van der Waals surface area contributed by atoms with E-state index in [0.29, 0.717) is 11.1 Å². The Morgan fingerprint density at radius 2 is 0.938 bits per heavy atom. The standard InChI is InChI=1S/C22H16N6O2S2/c29-19(27-21-23-11-5-12-24-21)15-7-1-3-9-17(15)31-32-18-10-4-2-8-16(18)20(30)28-22-25-13-6-14-26-22/h1-14H,(H,23,24,27,29)(H,25,26,28,30). The maximum atomic E-state index is 12.7. The average Bonchev–Trinajstić information content (AvgIpc) is 2.84. The van der Waals surface area contributed by atoms with E-state index in [1.807, 2.05) is 24.3 Å². The van der Waals surface area contributed by atoms with Crippen LogP contribution in [0.5, 0.6) is 0 Å². The fourth-order valence-electron chi connectivity index (χ4n) is 2.61. The molecule has 158 valence electrons. The van der Waals surface area contributed by atoms with Crippen LogP contribution < -0.4 is 10.6 Å². The van der Waals surface area contributed by atoms with E-state index in [-0.39, 0.29) is 23.7 Å². The maximum Gasteiger partial charge on any atom is 0.259 e. The van der Waals surface area contributed by atoms with Crippen molar-refractivity contribution >= 4 is 45.3 Å². The van der Waals surface area contributed by atoms with Gasteiger partial charge in [0.1, 0.15) is 0 Å². The van der Waals surface area contributed by atoms with Gasteiger partial charge in [-0.3, -0.25) is 20.2 Å². The molecule has 8 nitrogen and oxygen atoms in total. The van der Waals surface area contributed by atoms with E-state index >= 15 is 0 Å². The van der Waals surface area contributed by atoms with Crippen LogP contribution in [0.1, 0.15) is 20.7 Å². The molecular weight excluding hydrogens is 444 g/mol. The van der Waals surface area contributed by atoms with Gasteiger partial charge in [0, 0.05) is 34.6 Å². The SMILES string of the molecule is O=C(Nc1ncccn1)c1ccccc1SSc1ccccc1C(=O)Nc1ncccn1. The summed E-state index contributed by atoms with van der Waals surface area (Å²) in [6.45, 7) is 0. The van der Waals surface area contributed by atoms with Crippen LogP contribution in [0.15, 0.2) is 95.2 Å². The summed E-state index contributed by atoms with van der Waals surface area (Å²) in [7, 11) is 2.76. The molecular formula is C22H16N6O2S2. The molecule has 4 rings (SSSR count). The molecule has 0 aliphatic rings. The number of hydrogen-bond acceptors (Lipinski definition) is 8. The molecule has 0 saturated carbocycles. The van der Waals surface area contributed by atoms with Gasteiger partial charge in [0.25, 0.3) is 11.8 Å². The fourth-order valence-corrected chi connectivity index (χ4v) is 4.97. The Hall–Kier alpha value is -3.76. The highest BCUT2D eigenvalue weighted by molar-refractivity contribution is 8.76. The Morgan fingerprint density at radius 3 is 1.34 bits per heavy atom. The molecule has 2 N–H and O–H groups in total. The van der Waals surface area contributed by atoms with Crippen LogP contribution in [0.4, 0.5) is 11.9 Å². The van der Waals surface area contributed by atoms with E-state index < -0.39 is 0 Å². The number of rotatable bonds is 7. The number of aromatic nitrogens is 4. The molecule has 0 bridgehead atoms. The molecule has 2 aromatic carbocycles. The lowest BCUT2D eigenvalue weighted by Gasteiger charge is -2.11. The number of carbonyl (C=O) groups is 2. The zero-order valence-corrected chi connectivity index (χ0v) is 18.1. The second kappa shape index (κ2) is 10.5. The number of hydrogen-bond donors (Lipinski definition) is 2. The minimum Gasteiger partial charge on any atom is -0.290 e. The summed E-state index contributed by atoms with van der Waals surface area (Å²) >= 11 is 0. The Kier molecular flexibility index (Phi) is 7.05. The summed E-state index contributed by atoms with van der Waals surface area (Å²) < 4.78 is 0. The molecule has 2 amide bonds. The molecule has 32 heavy (non-hydrogen) atoms.